The molecule has 1 heterocycles. The fourth-order valence-electron chi connectivity index (χ4n) is 1.15. The molecule has 82 valence electrons. The first kappa shape index (κ1) is 12.6. The second-order valence-electron chi connectivity index (χ2n) is 3.28. The maximum Gasteiger partial charge on any atom is 0.292 e. The maximum absolute atomic E-state index is 10.8. The van der Waals surface area contributed by atoms with Crippen molar-refractivity contribution in [3.8, 4) is 0 Å². The van der Waals surface area contributed by atoms with Crippen molar-refractivity contribution in [1.29, 1.82) is 0 Å². The molecule has 0 bridgehead atoms. The van der Waals surface area contributed by atoms with Gasteiger partial charge in [0.15, 0.2) is 0 Å². The number of nitrogens with zero attached hydrogens (tertiary/aromatic N) is 2. The smallest absolute Gasteiger partial charge is 0.258 e. The molecular formula is C9H10Br2N2O2. The highest BCUT2D eigenvalue weighted by Crippen LogP contribution is 2.31. The zero-order valence-electron chi connectivity index (χ0n) is 8.28. The van der Waals surface area contributed by atoms with Gasteiger partial charge in [-0.3, -0.25) is 15.1 Å². The van der Waals surface area contributed by atoms with Crippen molar-refractivity contribution in [1.82, 2.24) is 4.98 Å². The van der Waals surface area contributed by atoms with Crippen LogP contribution < -0.4 is 0 Å². The lowest BCUT2D eigenvalue weighted by Crippen LogP contribution is -2.09. The molecule has 0 aliphatic rings. The first-order chi connectivity index (χ1) is 6.93. The van der Waals surface area contributed by atoms with Crippen molar-refractivity contribution in [2.45, 2.75) is 24.6 Å². The quantitative estimate of drug-likeness (QED) is 0.480. The first-order valence-electron chi connectivity index (χ1n) is 4.37. The van der Waals surface area contributed by atoms with Crippen molar-refractivity contribution >= 4 is 37.5 Å². The molecule has 2 atom stereocenters. The molecule has 0 aliphatic carbocycles. The summed E-state index contributed by atoms with van der Waals surface area (Å²) in [6, 6.07) is 1.48. The Kier molecular flexibility index (Phi) is 4.21. The zero-order valence-corrected chi connectivity index (χ0v) is 11.4. The summed E-state index contributed by atoms with van der Waals surface area (Å²) in [6.07, 6.45) is 1.58. The van der Waals surface area contributed by atoms with E-state index < -0.39 is 4.92 Å². The van der Waals surface area contributed by atoms with Crippen molar-refractivity contribution in [2.24, 2.45) is 0 Å². The van der Waals surface area contributed by atoms with E-state index in [-0.39, 0.29) is 16.4 Å². The number of hydrogen-bond acceptors (Lipinski definition) is 3. The summed E-state index contributed by atoms with van der Waals surface area (Å²) in [5.41, 5.74) is 0.566. The first-order valence-corrected chi connectivity index (χ1v) is 6.08. The number of nitro groups is 1. The summed E-state index contributed by atoms with van der Waals surface area (Å²) in [6.45, 7) is 3.85. The Balaban J connectivity index is 3.22. The predicted molar refractivity (Wildman–Crippen MR) is 65.4 cm³/mol. The molecule has 1 rings (SSSR count). The van der Waals surface area contributed by atoms with Crippen molar-refractivity contribution in [3.63, 3.8) is 0 Å². The number of halogens is 2. The number of aromatic nitrogens is 1. The molecular weight excluding hydrogens is 328 g/mol. The van der Waals surface area contributed by atoms with Crippen LogP contribution in [0.2, 0.25) is 0 Å². The second-order valence-corrected chi connectivity index (χ2v) is 5.64. The van der Waals surface area contributed by atoms with E-state index in [9.17, 15) is 10.1 Å². The molecule has 1 aromatic rings. The van der Waals surface area contributed by atoms with Crippen LogP contribution in [0.4, 0.5) is 5.69 Å². The fraction of sp³-hybridized carbons (Fsp3) is 0.444. The van der Waals surface area contributed by atoms with Crippen LogP contribution in [0, 0.1) is 10.1 Å². The van der Waals surface area contributed by atoms with Crippen LogP contribution in [0.5, 0.6) is 0 Å². The van der Waals surface area contributed by atoms with E-state index in [4.69, 9.17) is 0 Å². The molecule has 0 aliphatic heterocycles. The Hall–Kier alpha value is -0.490. The molecule has 1 aromatic heterocycles. The van der Waals surface area contributed by atoms with Gasteiger partial charge in [0, 0.05) is 27.5 Å². The molecule has 0 aromatic carbocycles. The summed E-state index contributed by atoms with van der Waals surface area (Å²) in [4.78, 5) is 14.7. The number of rotatable bonds is 3. The lowest BCUT2D eigenvalue weighted by atomic mass is 10.0. The molecule has 0 amide bonds. The summed E-state index contributed by atoms with van der Waals surface area (Å²) < 4.78 is 0.618. The van der Waals surface area contributed by atoms with Crippen LogP contribution in [0.25, 0.3) is 0 Å². The van der Waals surface area contributed by atoms with E-state index >= 15 is 0 Å². The SMILES string of the molecule is CC(Br)C(C)c1ncc(Br)cc1[N+](=O)[O-]. The second kappa shape index (κ2) is 5.03. The Morgan fingerprint density at radius 1 is 1.53 bits per heavy atom. The molecule has 4 nitrogen and oxygen atoms in total. The van der Waals surface area contributed by atoms with Gasteiger partial charge in [0.2, 0.25) is 0 Å². The van der Waals surface area contributed by atoms with E-state index in [1.807, 2.05) is 13.8 Å². The molecule has 0 saturated heterocycles. The van der Waals surface area contributed by atoms with E-state index in [2.05, 4.69) is 36.8 Å². The Morgan fingerprint density at radius 2 is 2.13 bits per heavy atom. The molecule has 0 spiro atoms. The normalized spacial score (nSPS) is 14.7. The van der Waals surface area contributed by atoms with Crippen molar-refractivity contribution in [2.75, 3.05) is 0 Å². The lowest BCUT2D eigenvalue weighted by Gasteiger charge is -2.13. The Morgan fingerprint density at radius 3 is 2.60 bits per heavy atom. The Labute approximate surface area is 104 Å². The van der Waals surface area contributed by atoms with Gasteiger partial charge in [-0.1, -0.05) is 29.8 Å². The summed E-state index contributed by atoms with van der Waals surface area (Å²) >= 11 is 6.58. The largest absolute Gasteiger partial charge is 0.292 e. The molecule has 0 saturated carbocycles. The summed E-state index contributed by atoms with van der Waals surface area (Å²) in [5, 5.41) is 10.8. The van der Waals surface area contributed by atoms with Gasteiger partial charge >= 0.3 is 0 Å². The van der Waals surface area contributed by atoms with Crippen LogP contribution in [0.15, 0.2) is 16.7 Å². The fourth-order valence-corrected chi connectivity index (χ4v) is 1.72. The minimum atomic E-state index is -0.404. The number of pyridine rings is 1. The van der Waals surface area contributed by atoms with Gasteiger partial charge in [0.1, 0.15) is 5.69 Å². The zero-order chi connectivity index (χ0) is 11.6. The average Bonchev–Trinajstić information content (AvgIpc) is 2.16. The topological polar surface area (TPSA) is 56.0 Å². The van der Waals surface area contributed by atoms with Gasteiger partial charge in [0.25, 0.3) is 5.69 Å². The molecule has 0 fully saturated rings. The van der Waals surface area contributed by atoms with Crippen molar-refractivity contribution < 1.29 is 4.92 Å². The van der Waals surface area contributed by atoms with Crippen LogP contribution >= 0.6 is 31.9 Å². The lowest BCUT2D eigenvalue weighted by molar-refractivity contribution is -0.386. The minimum Gasteiger partial charge on any atom is -0.258 e. The van der Waals surface area contributed by atoms with Gasteiger partial charge in [-0.25, -0.2) is 0 Å². The third-order valence-electron chi connectivity index (χ3n) is 2.18. The standard InChI is InChI=1S/C9H10Br2N2O2/c1-5(6(2)10)9-8(13(14)15)3-7(11)4-12-9/h3-6H,1-2H3. The molecule has 15 heavy (non-hydrogen) atoms. The summed E-state index contributed by atoms with van der Waals surface area (Å²) in [5.74, 6) is -0.00139. The highest BCUT2D eigenvalue weighted by atomic mass is 79.9. The van der Waals surface area contributed by atoms with Crippen molar-refractivity contribution in [3.05, 3.63) is 32.5 Å². The minimum absolute atomic E-state index is 0.00139. The third kappa shape index (κ3) is 2.98. The van der Waals surface area contributed by atoms with Gasteiger partial charge in [-0.15, -0.1) is 0 Å². The Bertz CT molecular complexity index is 382. The van der Waals surface area contributed by atoms with Gasteiger partial charge in [-0.05, 0) is 15.9 Å². The van der Waals surface area contributed by atoms with Gasteiger partial charge in [-0.2, -0.15) is 0 Å². The average molecular weight is 338 g/mol. The van der Waals surface area contributed by atoms with E-state index in [0.717, 1.165) is 0 Å². The molecule has 6 heteroatoms. The maximum atomic E-state index is 10.8. The summed E-state index contributed by atoms with van der Waals surface area (Å²) in [7, 11) is 0. The van der Waals surface area contributed by atoms with E-state index in [1.165, 1.54) is 6.07 Å². The third-order valence-corrected chi connectivity index (χ3v) is 3.41. The molecule has 0 radical (unpaired) electrons. The molecule has 0 N–H and O–H groups in total. The van der Waals surface area contributed by atoms with Gasteiger partial charge in [0.05, 0.1) is 4.92 Å². The van der Waals surface area contributed by atoms with E-state index in [1.54, 1.807) is 6.20 Å². The van der Waals surface area contributed by atoms with Crippen LogP contribution in [-0.4, -0.2) is 14.7 Å². The van der Waals surface area contributed by atoms with Crippen LogP contribution in [0.3, 0.4) is 0 Å². The van der Waals surface area contributed by atoms with Crippen LogP contribution in [0.1, 0.15) is 25.5 Å². The molecule has 2 unspecified atom stereocenters. The predicted octanol–water partition coefficient (Wildman–Crippen LogP) is 3.64. The van der Waals surface area contributed by atoms with Gasteiger partial charge < -0.3 is 0 Å². The highest BCUT2D eigenvalue weighted by Gasteiger charge is 2.23. The van der Waals surface area contributed by atoms with E-state index in [0.29, 0.717) is 10.2 Å². The number of alkyl halides is 1. The highest BCUT2D eigenvalue weighted by molar-refractivity contribution is 9.10. The number of hydrogen-bond donors (Lipinski definition) is 0. The monoisotopic (exact) mass is 336 g/mol. The van der Waals surface area contributed by atoms with Crippen LogP contribution in [-0.2, 0) is 0 Å².